The van der Waals surface area contributed by atoms with E-state index < -0.39 is 12.0 Å². The van der Waals surface area contributed by atoms with Gasteiger partial charge in [-0.2, -0.15) is 0 Å². The third kappa shape index (κ3) is 3.42. The second-order valence-corrected chi connectivity index (χ2v) is 5.82. The molecule has 2 aromatic rings. The summed E-state index contributed by atoms with van der Waals surface area (Å²) in [6, 6.07) is 17.3. The Morgan fingerprint density at radius 1 is 1.00 bits per heavy atom. The number of benzene rings is 2. The van der Waals surface area contributed by atoms with Crippen LogP contribution in [-0.4, -0.2) is 34.5 Å². The lowest BCUT2D eigenvalue weighted by Gasteiger charge is -2.21. The number of carbonyl (C=O) groups is 2. The molecule has 1 amide bonds. The number of nitrogens with zero attached hydrogens (tertiary/aromatic N) is 1. The third-order valence-corrected chi connectivity index (χ3v) is 4.27. The van der Waals surface area contributed by atoms with Crippen molar-refractivity contribution in [2.75, 3.05) is 6.54 Å². The van der Waals surface area contributed by atoms with Crippen LogP contribution in [0.1, 0.15) is 18.4 Å². The number of carboxylic acid groups (broad SMARTS) is 1. The molecule has 1 heterocycles. The molecule has 1 atom stereocenters. The Bertz CT molecular complexity index is 694. The molecule has 0 bridgehead atoms. The van der Waals surface area contributed by atoms with E-state index in [-0.39, 0.29) is 12.3 Å². The van der Waals surface area contributed by atoms with Crippen LogP contribution in [0, 0.1) is 0 Å². The zero-order valence-corrected chi connectivity index (χ0v) is 12.8. The molecule has 0 saturated carbocycles. The predicted molar refractivity (Wildman–Crippen MR) is 88.0 cm³/mol. The SMILES string of the molecule is O=C(O)[C@H]1CCCN1C(=O)Cc1ccc(-c2ccccc2)cc1. The molecule has 0 unspecified atom stereocenters. The number of amides is 1. The maximum Gasteiger partial charge on any atom is 0.326 e. The second-order valence-electron chi connectivity index (χ2n) is 5.82. The first-order valence-corrected chi connectivity index (χ1v) is 7.82. The van der Waals surface area contributed by atoms with Crippen molar-refractivity contribution in [1.82, 2.24) is 4.90 Å². The first-order valence-electron chi connectivity index (χ1n) is 7.82. The number of carbonyl (C=O) groups excluding carboxylic acids is 1. The molecule has 4 nitrogen and oxygen atoms in total. The Balaban J connectivity index is 1.69. The Kier molecular flexibility index (Phi) is 4.42. The highest BCUT2D eigenvalue weighted by Crippen LogP contribution is 2.21. The number of aliphatic carboxylic acids is 1. The van der Waals surface area contributed by atoms with Crippen molar-refractivity contribution in [1.29, 1.82) is 0 Å². The molecule has 1 aliphatic heterocycles. The van der Waals surface area contributed by atoms with Crippen LogP contribution < -0.4 is 0 Å². The van der Waals surface area contributed by atoms with Crippen LogP contribution in [0.5, 0.6) is 0 Å². The van der Waals surface area contributed by atoms with E-state index in [1.807, 2.05) is 54.6 Å². The average molecular weight is 309 g/mol. The second kappa shape index (κ2) is 6.65. The number of likely N-dealkylation sites (tertiary alicyclic amines) is 1. The minimum atomic E-state index is -0.907. The van der Waals surface area contributed by atoms with Crippen LogP contribution in [0.3, 0.4) is 0 Å². The fourth-order valence-electron chi connectivity index (χ4n) is 3.04. The zero-order chi connectivity index (χ0) is 16.2. The van der Waals surface area contributed by atoms with Crippen LogP contribution in [0.25, 0.3) is 11.1 Å². The first-order chi connectivity index (χ1) is 11.1. The molecule has 1 fully saturated rings. The molecule has 23 heavy (non-hydrogen) atoms. The van der Waals surface area contributed by atoms with E-state index in [1.165, 1.54) is 4.90 Å². The average Bonchev–Trinajstić information content (AvgIpc) is 3.06. The van der Waals surface area contributed by atoms with Gasteiger partial charge in [0, 0.05) is 6.54 Å². The highest BCUT2D eigenvalue weighted by molar-refractivity contribution is 5.85. The van der Waals surface area contributed by atoms with Crippen molar-refractivity contribution in [2.24, 2.45) is 0 Å². The van der Waals surface area contributed by atoms with Crippen molar-refractivity contribution in [3.8, 4) is 11.1 Å². The molecule has 1 saturated heterocycles. The number of rotatable bonds is 4. The van der Waals surface area contributed by atoms with Crippen LogP contribution in [0.4, 0.5) is 0 Å². The van der Waals surface area contributed by atoms with Crippen molar-refractivity contribution in [2.45, 2.75) is 25.3 Å². The largest absolute Gasteiger partial charge is 0.480 e. The minimum absolute atomic E-state index is 0.109. The van der Waals surface area contributed by atoms with Gasteiger partial charge >= 0.3 is 5.97 Å². The van der Waals surface area contributed by atoms with Crippen molar-refractivity contribution in [3.63, 3.8) is 0 Å². The van der Waals surface area contributed by atoms with E-state index in [9.17, 15) is 9.59 Å². The number of carboxylic acids is 1. The molecular formula is C19H19NO3. The first kappa shape index (κ1) is 15.3. The van der Waals surface area contributed by atoms with E-state index in [0.29, 0.717) is 13.0 Å². The van der Waals surface area contributed by atoms with Gasteiger partial charge in [0.15, 0.2) is 0 Å². The lowest BCUT2D eigenvalue weighted by molar-refractivity contribution is -0.148. The Morgan fingerprint density at radius 2 is 1.65 bits per heavy atom. The summed E-state index contributed by atoms with van der Waals surface area (Å²) in [5, 5.41) is 9.17. The van der Waals surface area contributed by atoms with Gasteiger partial charge in [0.05, 0.1) is 6.42 Å². The fraction of sp³-hybridized carbons (Fsp3) is 0.263. The molecule has 118 valence electrons. The normalized spacial score (nSPS) is 17.2. The fourth-order valence-corrected chi connectivity index (χ4v) is 3.04. The van der Waals surface area contributed by atoms with Crippen LogP contribution in [-0.2, 0) is 16.0 Å². The van der Waals surface area contributed by atoms with E-state index in [4.69, 9.17) is 5.11 Å². The molecule has 1 N–H and O–H groups in total. The van der Waals surface area contributed by atoms with Gasteiger partial charge in [-0.25, -0.2) is 4.79 Å². The molecule has 0 aromatic heterocycles. The monoisotopic (exact) mass is 309 g/mol. The maximum absolute atomic E-state index is 12.3. The van der Waals surface area contributed by atoms with Gasteiger partial charge in [-0.3, -0.25) is 4.79 Å². The lowest BCUT2D eigenvalue weighted by Crippen LogP contribution is -2.41. The minimum Gasteiger partial charge on any atom is -0.480 e. The quantitative estimate of drug-likeness (QED) is 0.944. The van der Waals surface area contributed by atoms with Gasteiger partial charge in [0.1, 0.15) is 6.04 Å². The summed E-state index contributed by atoms with van der Waals surface area (Å²) in [7, 11) is 0. The summed E-state index contributed by atoms with van der Waals surface area (Å²) in [5.74, 6) is -1.02. The van der Waals surface area contributed by atoms with Gasteiger partial charge < -0.3 is 10.0 Å². The van der Waals surface area contributed by atoms with E-state index >= 15 is 0 Å². The van der Waals surface area contributed by atoms with Crippen molar-refractivity contribution in [3.05, 3.63) is 60.2 Å². The highest BCUT2D eigenvalue weighted by Gasteiger charge is 2.33. The summed E-state index contributed by atoms with van der Waals surface area (Å²) in [5.41, 5.74) is 3.15. The van der Waals surface area contributed by atoms with Gasteiger partial charge in [-0.1, -0.05) is 54.6 Å². The number of hydrogen-bond acceptors (Lipinski definition) is 2. The van der Waals surface area contributed by atoms with Gasteiger partial charge in [0.25, 0.3) is 0 Å². The summed E-state index contributed by atoms with van der Waals surface area (Å²) in [4.78, 5) is 25.0. The van der Waals surface area contributed by atoms with Crippen LogP contribution in [0.15, 0.2) is 54.6 Å². The standard InChI is InChI=1S/C19H19NO3/c21-18(20-12-4-7-17(20)19(22)23)13-14-8-10-16(11-9-14)15-5-2-1-3-6-15/h1-3,5-6,8-11,17H,4,7,12-13H2,(H,22,23)/t17-/m1/s1. The van der Waals surface area contributed by atoms with Crippen LogP contribution in [0.2, 0.25) is 0 Å². The predicted octanol–water partition coefficient (Wildman–Crippen LogP) is 2.97. The Morgan fingerprint density at radius 3 is 2.30 bits per heavy atom. The molecular weight excluding hydrogens is 290 g/mol. The molecule has 0 aliphatic carbocycles. The van der Waals surface area contributed by atoms with Crippen molar-refractivity contribution < 1.29 is 14.7 Å². The third-order valence-electron chi connectivity index (χ3n) is 4.27. The van der Waals surface area contributed by atoms with Gasteiger partial charge in [-0.05, 0) is 29.5 Å². The number of hydrogen-bond donors (Lipinski definition) is 1. The van der Waals surface area contributed by atoms with Crippen molar-refractivity contribution >= 4 is 11.9 Å². The molecule has 4 heteroatoms. The van der Waals surface area contributed by atoms with Gasteiger partial charge in [0.2, 0.25) is 5.91 Å². The summed E-state index contributed by atoms with van der Waals surface area (Å²) >= 11 is 0. The summed E-state index contributed by atoms with van der Waals surface area (Å²) < 4.78 is 0. The highest BCUT2D eigenvalue weighted by atomic mass is 16.4. The van der Waals surface area contributed by atoms with Gasteiger partial charge in [-0.15, -0.1) is 0 Å². The topological polar surface area (TPSA) is 57.6 Å². The smallest absolute Gasteiger partial charge is 0.326 e. The molecule has 3 rings (SSSR count). The maximum atomic E-state index is 12.3. The van der Waals surface area contributed by atoms with Crippen LogP contribution >= 0.6 is 0 Å². The zero-order valence-electron chi connectivity index (χ0n) is 12.8. The van der Waals surface area contributed by atoms with E-state index in [0.717, 1.165) is 23.1 Å². The summed E-state index contributed by atoms with van der Waals surface area (Å²) in [6.45, 7) is 0.540. The van der Waals surface area contributed by atoms with E-state index in [2.05, 4.69) is 0 Å². The lowest BCUT2D eigenvalue weighted by atomic mass is 10.0. The molecule has 0 radical (unpaired) electrons. The molecule has 1 aliphatic rings. The Labute approximate surface area is 135 Å². The Hall–Kier alpha value is -2.62. The molecule has 0 spiro atoms. The summed E-state index contributed by atoms with van der Waals surface area (Å²) in [6.07, 6.45) is 1.56. The van der Waals surface area contributed by atoms with E-state index in [1.54, 1.807) is 0 Å². The molecule has 2 aromatic carbocycles.